The number of amides is 1. The van der Waals surface area contributed by atoms with E-state index in [1.807, 2.05) is 0 Å². The highest BCUT2D eigenvalue weighted by atomic mass is 35.5. The predicted octanol–water partition coefficient (Wildman–Crippen LogP) is 1.41. The third-order valence-electron chi connectivity index (χ3n) is 1.85. The average Bonchev–Trinajstić information content (AvgIpc) is 2.16. The molecular weight excluding hydrogens is 202 g/mol. The van der Waals surface area contributed by atoms with Crippen molar-refractivity contribution < 1.29 is 9.90 Å². The van der Waals surface area contributed by atoms with E-state index in [1.54, 1.807) is 24.3 Å². The Kier molecular flexibility index (Phi) is 3.28. The van der Waals surface area contributed by atoms with Crippen molar-refractivity contribution in [2.45, 2.75) is 6.10 Å². The zero-order chi connectivity index (χ0) is 10.7. The molecule has 0 saturated heterocycles. The molecular formula is C10H10ClNO2. The van der Waals surface area contributed by atoms with Gasteiger partial charge in [0, 0.05) is 16.2 Å². The number of halogens is 1. The van der Waals surface area contributed by atoms with Crippen LogP contribution in [-0.4, -0.2) is 11.0 Å². The third-order valence-corrected chi connectivity index (χ3v) is 2.19. The number of aliphatic hydroxyl groups is 1. The first-order chi connectivity index (χ1) is 6.54. The molecule has 1 atom stereocenters. The van der Waals surface area contributed by atoms with E-state index in [9.17, 15) is 9.90 Å². The van der Waals surface area contributed by atoms with E-state index >= 15 is 0 Å². The Hall–Kier alpha value is -1.32. The Bertz CT molecular complexity index is 376. The number of nitrogens with two attached hydrogens (primary N) is 1. The minimum absolute atomic E-state index is 0.0712. The number of carbonyl (C=O) groups excluding carboxylic acids is 1. The normalized spacial score (nSPS) is 12.1. The fourth-order valence-corrected chi connectivity index (χ4v) is 1.26. The summed E-state index contributed by atoms with van der Waals surface area (Å²) in [4.78, 5) is 10.7. The van der Waals surface area contributed by atoms with Crippen LogP contribution in [0.3, 0.4) is 0 Å². The van der Waals surface area contributed by atoms with Gasteiger partial charge in [0.1, 0.15) is 6.10 Å². The summed E-state index contributed by atoms with van der Waals surface area (Å²) in [5, 5.41) is 10.0. The molecule has 0 fully saturated rings. The lowest BCUT2D eigenvalue weighted by molar-refractivity contribution is -0.115. The van der Waals surface area contributed by atoms with Gasteiger partial charge in [-0.05, 0) is 6.07 Å². The average molecular weight is 212 g/mol. The minimum atomic E-state index is -1.14. The summed E-state index contributed by atoms with van der Waals surface area (Å²) < 4.78 is 0. The van der Waals surface area contributed by atoms with Gasteiger partial charge < -0.3 is 10.8 Å². The highest BCUT2D eigenvalue weighted by Crippen LogP contribution is 2.26. The molecule has 0 radical (unpaired) electrons. The quantitative estimate of drug-likeness (QED) is 0.743. The molecule has 0 unspecified atom stereocenters. The molecule has 14 heavy (non-hydrogen) atoms. The maximum absolute atomic E-state index is 10.7. The molecule has 0 aliphatic heterocycles. The van der Waals surface area contributed by atoms with Crippen LogP contribution in [0.5, 0.6) is 0 Å². The summed E-state index contributed by atoms with van der Waals surface area (Å²) in [6.45, 7) is 3.39. The van der Waals surface area contributed by atoms with Crippen LogP contribution in [0.1, 0.15) is 11.7 Å². The molecule has 1 rings (SSSR count). The second-order valence-corrected chi connectivity index (χ2v) is 3.22. The molecule has 4 heteroatoms. The van der Waals surface area contributed by atoms with Crippen LogP contribution in [0.4, 0.5) is 0 Å². The second kappa shape index (κ2) is 4.26. The van der Waals surface area contributed by atoms with E-state index in [2.05, 4.69) is 6.58 Å². The molecule has 3 N–H and O–H groups in total. The van der Waals surface area contributed by atoms with Gasteiger partial charge in [0.05, 0.1) is 0 Å². The molecule has 0 heterocycles. The number of primary amides is 1. The van der Waals surface area contributed by atoms with Crippen molar-refractivity contribution in [3.05, 3.63) is 47.0 Å². The minimum Gasteiger partial charge on any atom is -0.383 e. The van der Waals surface area contributed by atoms with Crippen LogP contribution in [-0.2, 0) is 4.79 Å². The molecule has 1 amide bonds. The first-order valence-electron chi connectivity index (χ1n) is 3.95. The van der Waals surface area contributed by atoms with Crippen LogP contribution in [0.2, 0.25) is 5.02 Å². The first kappa shape index (κ1) is 10.8. The van der Waals surface area contributed by atoms with Crippen LogP contribution < -0.4 is 5.73 Å². The summed E-state index contributed by atoms with van der Waals surface area (Å²) >= 11 is 5.81. The molecule has 0 spiro atoms. The van der Waals surface area contributed by atoms with Gasteiger partial charge in [-0.15, -0.1) is 0 Å². The summed E-state index contributed by atoms with van der Waals surface area (Å²) in [5.41, 5.74) is 5.34. The maximum atomic E-state index is 10.7. The summed E-state index contributed by atoms with van der Waals surface area (Å²) in [6.07, 6.45) is -1.14. The Morgan fingerprint density at radius 2 is 2.07 bits per heavy atom. The first-order valence-corrected chi connectivity index (χ1v) is 4.33. The molecule has 3 nitrogen and oxygen atoms in total. The lowest BCUT2D eigenvalue weighted by Crippen LogP contribution is -2.18. The Labute approximate surface area is 86.8 Å². The maximum Gasteiger partial charge on any atom is 0.247 e. The van der Waals surface area contributed by atoms with Gasteiger partial charge in [0.15, 0.2) is 0 Å². The molecule has 0 saturated carbocycles. The zero-order valence-electron chi connectivity index (χ0n) is 7.40. The van der Waals surface area contributed by atoms with Gasteiger partial charge in [0.2, 0.25) is 5.91 Å². The topological polar surface area (TPSA) is 63.3 Å². The van der Waals surface area contributed by atoms with Crippen LogP contribution in [0.25, 0.3) is 0 Å². The van der Waals surface area contributed by atoms with E-state index < -0.39 is 12.0 Å². The van der Waals surface area contributed by atoms with Gasteiger partial charge in [-0.2, -0.15) is 0 Å². The number of aliphatic hydroxyl groups excluding tert-OH is 1. The highest BCUT2D eigenvalue weighted by Gasteiger charge is 2.17. The molecule has 74 valence electrons. The molecule has 0 bridgehead atoms. The van der Waals surface area contributed by atoms with Crippen LogP contribution in [0, 0.1) is 0 Å². The third kappa shape index (κ3) is 2.13. The largest absolute Gasteiger partial charge is 0.383 e. The van der Waals surface area contributed by atoms with E-state index in [0.717, 1.165) is 0 Å². The van der Waals surface area contributed by atoms with Crippen molar-refractivity contribution in [2.24, 2.45) is 5.73 Å². The lowest BCUT2D eigenvalue weighted by Gasteiger charge is -2.12. The number of hydrogen-bond acceptors (Lipinski definition) is 2. The lowest BCUT2D eigenvalue weighted by atomic mass is 10.0. The van der Waals surface area contributed by atoms with Crippen molar-refractivity contribution in [1.82, 2.24) is 0 Å². The number of carbonyl (C=O) groups is 1. The van der Waals surface area contributed by atoms with Crippen molar-refractivity contribution in [2.75, 3.05) is 0 Å². The van der Waals surface area contributed by atoms with E-state index in [4.69, 9.17) is 17.3 Å². The van der Waals surface area contributed by atoms with Gasteiger partial charge in [0.25, 0.3) is 0 Å². The van der Waals surface area contributed by atoms with Gasteiger partial charge in [-0.3, -0.25) is 4.79 Å². The Morgan fingerprint density at radius 1 is 1.50 bits per heavy atom. The fourth-order valence-electron chi connectivity index (χ4n) is 1.02. The zero-order valence-corrected chi connectivity index (χ0v) is 8.16. The number of hydrogen-bond donors (Lipinski definition) is 2. The summed E-state index contributed by atoms with van der Waals surface area (Å²) in [6, 6.07) is 6.67. The van der Waals surface area contributed by atoms with Crippen molar-refractivity contribution >= 4 is 17.5 Å². The smallest absolute Gasteiger partial charge is 0.247 e. The molecule has 1 aromatic rings. The Balaban J connectivity index is 3.01. The van der Waals surface area contributed by atoms with Gasteiger partial charge in [-0.25, -0.2) is 0 Å². The summed E-state index contributed by atoms with van der Waals surface area (Å²) in [5.74, 6) is -0.739. The molecule has 0 aliphatic rings. The Morgan fingerprint density at radius 3 is 2.57 bits per heavy atom. The second-order valence-electron chi connectivity index (χ2n) is 2.81. The fraction of sp³-hybridized carbons (Fsp3) is 0.100. The van der Waals surface area contributed by atoms with Crippen LogP contribution in [0.15, 0.2) is 36.4 Å². The standard InChI is InChI=1S/C10H10ClNO2/c1-6(10(12)14)9(13)7-4-2-3-5-8(7)11/h2-5,9,13H,1H2,(H2,12,14)/t9-/m1/s1. The van der Waals surface area contributed by atoms with Gasteiger partial charge in [-0.1, -0.05) is 36.4 Å². The SMILES string of the molecule is C=C(C(N)=O)[C@@H](O)c1ccccc1Cl. The molecule has 0 aromatic heterocycles. The molecule has 1 aromatic carbocycles. The molecule has 0 aliphatic carbocycles. The van der Waals surface area contributed by atoms with E-state index in [-0.39, 0.29) is 5.57 Å². The van der Waals surface area contributed by atoms with Crippen LogP contribution >= 0.6 is 11.6 Å². The predicted molar refractivity (Wildman–Crippen MR) is 54.7 cm³/mol. The van der Waals surface area contributed by atoms with Crippen molar-refractivity contribution in [3.8, 4) is 0 Å². The summed E-state index contributed by atoms with van der Waals surface area (Å²) in [7, 11) is 0. The van der Waals surface area contributed by atoms with E-state index in [1.165, 1.54) is 0 Å². The monoisotopic (exact) mass is 211 g/mol. The van der Waals surface area contributed by atoms with Crippen molar-refractivity contribution in [3.63, 3.8) is 0 Å². The number of rotatable bonds is 3. The van der Waals surface area contributed by atoms with E-state index in [0.29, 0.717) is 10.6 Å². The highest BCUT2D eigenvalue weighted by molar-refractivity contribution is 6.31. The van der Waals surface area contributed by atoms with Gasteiger partial charge >= 0.3 is 0 Å². The van der Waals surface area contributed by atoms with Crippen molar-refractivity contribution in [1.29, 1.82) is 0 Å². The number of benzene rings is 1.